The third-order valence-corrected chi connectivity index (χ3v) is 6.20. The molecule has 3 heteroatoms. The number of nitrogens with one attached hydrogen (secondary N) is 1. The van der Waals surface area contributed by atoms with Gasteiger partial charge in [0.2, 0.25) is 0 Å². The summed E-state index contributed by atoms with van der Waals surface area (Å²) in [5.41, 5.74) is 5.16. The van der Waals surface area contributed by atoms with Crippen LogP contribution in [0.3, 0.4) is 0 Å². The van der Waals surface area contributed by atoms with E-state index in [1.165, 1.54) is 11.1 Å². The summed E-state index contributed by atoms with van der Waals surface area (Å²) in [6.07, 6.45) is 1.84. The zero-order valence-corrected chi connectivity index (χ0v) is 16.2. The highest BCUT2D eigenvalue weighted by Gasteiger charge is 2.26. The minimum Gasteiger partial charge on any atom is -0.360 e. The van der Waals surface area contributed by atoms with Gasteiger partial charge < -0.3 is 4.98 Å². The number of thioether (sulfide) groups is 1. The maximum atomic E-state index is 13.6. The van der Waals surface area contributed by atoms with Gasteiger partial charge in [-0.25, -0.2) is 0 Å². The second kappa shape index (κ2) is 7.45. The number of carbonyl (C=O) groups is 1. The van der Waals surface area contributed by atoms with Gasteiger partial charge in [0, 0.05) is 27.6 Å². The van der Waals surface area contributed by atoms with Crippen molar-refractivity contribution in [2.45, 2.75) is 24.0 Å². The van der Waals surface area contributed by atoms with Gasteiger partial charge in [-0.2, -0.15) is 0 Å². The Morgan fingerprint density at radius 3 is 2.48 bits per heavy atom. The van der Waals surface area contributed by atoms with Crippen molar-refractivity contribution in [1.82, 2.24) is 4.98 Å². The molecule has 4 rings (SSSR count). The van der Waals surface area contributed by atoms with Crippen LogP contribution >= 0.6 is 11.8 Å². The minimum atomic E-state index is -0.286. The molecular formula is C24H21NOS. The van der Waals surface area contributed by atoms with Crippen LogP contribution in [0.1, 0.15) is 32.3 Å². The molecule has 27 heavy (non-hydrogen) atoms. The molecule has 0 aliphatic rings. The summed E-state index contributed by atoms with van der Waals surface area (Å²) in [5.74, 6) is 0.129. The summed E-state index contributed by atoms with van der Waals surface area (Å²) in [4.78, 5) is 18.0. The second-order valence-electron chi connectivity index (χ2n) is 6.79. The van der Waals surface area contributed by atoms with Crippen LogP contribution in [0.5, 0.6) is 0 Å². The molecule has 0 saturated carbocycles. The number of fused-ring (bicyclic) bond motifs is 1. The number of H-pyrrole nitrogens is 1. The number of benzene rings is 3. The first-order valence-electron chi connectivity index (χ1n) is 9.02. The maximum absolute atomic E-state index is 13.6. The number of para-hydroxylation sites is 1. The van der Waals surface area contributed by atoms with Gasteiger partial charge in [0.25, 0.3) is 0 Å². The maximum Gasteiger partial charge on any atom is 0.182 e. The molecule has 0 radical (unpaired) electrons. The standard InChI is InChI=1S/C24H21NOS/c1-16-12-13-17(2)22(14-16)27-24(18-8-4-3-5-9-18)23(26)20-15-25-21-11-7-6-10-19(20)21/h3-15,24-25H,1-2H3. The second-order valence-corrected chi connectivity index (χ2v) is 7.94. The fourth-order valence-corrected chi connectivity index (χ4v) is 4.57. The van der Waals surface area contributed by atoms with E-state index in [1.54, 1.807) is 11.8 Å². The van der Waals surface area contributed by atoms with Crippen molar-refractivity contribution in [1.29, 1.82) is 0 Å². The van der Waals surface area contributed by atoms with Crippen molar-refractivity contribution in [3.63, 3.8) is 0 Å². The summed E-state index contributed by atoms with van der Waals surface area (Å²) in [5, 5.41) is 0.691. The van der Waals surface area contributed by atoms with Crippen LogP contribution in [0, 0.1) is 13.8 Å². The number of hydrogen-bond donors (Lipinski definition) is 1. The first kappa shape index (κ1) is 17.6. The van der Waals surface area contributed by atoms with E-state index >= 15 is 0 Å². The van der Waals surface area contributed by atoms with Gasteiger partial charge in [-0.05, 0) is 37.1 Å². The zero-order chi connectivity index (χ0) is 18.8. The van der Waals surface area contributed by atoms with E-state index in [-0.39, 0.29) is 11.0 Å². The summed E-state index contributed by atoms with van der Waals surface area (Å²) in [6, 6.07) is 24.4. The van der Waals surface area contributed by atoms with Crippen LogP contribution in [0.2, 0.25) is 0 Å². The Hall–Kier alpha value is -2.78. The minimum absolute atomic E-state index is 0.129. The average molecular weight is 372 g/mol. The number of rotatable bonds is 5. The van der Waals surface area contributed by atoms with Crippen molar-refractivity contribution in [2.24, 2.45) is 0 Å². The normalized spacial score (nSPS) is 12.2. The lowest BCUT2D eigenvalue weighted by atomic mass is 10.0. The van der Waals surface area contributed by atoms with Crippen LogP contribution < -0.4 is 0 Å². The molecule has 1 unspecified atom stereocenters. The number of Topliss-reactive ketones (excluding diaryl/α,β-unsaturated/α-hetero) is 1. The molecule has 1 atom stereocenters. The lowest BCUT2D eigenvalue weighted by molar-refractivity contribution is 0.0991. The number of aromatic nitrogens is 1. The Morgan fingerprint density at radius 1 is 0.926 bits per heavy atom. The fourth-order valence-electron chi connectivity index (χ4n) is 3.28. The topological polar surface area (TPSA) is 32.9 Å². The van der Waals surface area contributed by atoms with Gasteiger partial charge in [0.1, 0.15) is 0 Å². The van der Waals surface area contributed by atoms with Gasteiger partial charge in [-0.15, -0.1) is 11.8 Å². The van der Waals surface area contributed by atoms with Crippen molar-refractivity contribution in [2.75, 3.05) is 0 Å². The van der Waals surface area contributed by atoms with Crippen LogP contribution in [-0.2, 0) is 0 Å². The molecule has 0 fully saturated rings. The average Bonchev–Trinajstić information content (AvgIpc) is 3.13. The van der Waals surface area contributed by atoms with Gasteiger partial charge in [0.15, 0.2) is 5.78 Å². The third-order valence-electron chi connectivity index (χ3n) is 4.78. The molecule has 1 heterocycles. The molecule has 2 nitrogen and oxygen atoms in total. The number of hydrogen-bond acceptors (Lipinski definition) is 2. The van der Waals surface area contributed by atoms with Crippen LogP contribution in [0.4, 0.5) is 0 Å². The highest BCUT2D eigenvalue weighted by atomic mass is 32.2. The Bertz CT molecular complexity index is 1100. The van der Waals surface area contributed by atoms with Crippen molar-refractivity contribution >= 4 is 28.4 Å². The van der Waals surface area contributed by atoms with E-state index in [9.17, 15) is 4.79 Å². The Labute approximate surface area is 163 Å². The highest BCUT2D eigenvalue weighted by molar-refractivity contribution is 8.00. The van der Waals surface area contributed by atoms with E-state index in [0.717, 1.165) is 26.9 Å². The number of ketones is 1. The lowest BCUT2D eigenvalue weighted by Crippen LogP contribution is -2.10. The molecule has 0 amide bonds. The van der Waals surface area contributed by atoms with E-state index in [1.807, 2.05) is 60.8 Å². The molecule has 0 saturated heterocycles. The van der Waals surface area contributed by atoms with Crippen LogP contribution in [0.25, 0.3) is 10.9 Å². The zero-order valence-electron chi connectivity index (χ0n) is 15.4. The van der Waals surface area contributed by atoms with E-state index in [4.69, 9.17) is 0 Å². The molecule has 1 aromatic heterocycles. The summed E-state index contributed by atoms with van der Waals surface area (Å²) in [6.45, 7) is 4.18. The first-order valence-corrected chi connectivity index (χ1v) is 9.90. The smallest absolute Gasteiger partial charge is 0.182 e. The first-order chi connectivity index (χ1) is 13.1. The van der Waals surface area contributed by atoms with Crippen molar-refractivity contribution in [3.05, 3.63) is 101 Å². The molecule has 134 valence electrons. The largest absolute Gasteiger partial charge is 0.360 e. The molecule has 0 aliphatic carbocycles. The quantitative estimate of drug-likeness (QED) is 0.321. The molecule has 3 aromatic carbocycles. The summed E-state index contributed by atoms with van der Waals surface area (Å²) < 4.78 is 0. The molecular weight excluding hydrogens is 350 g/mol. The predicted molar refractivity (Wildman–Crippen MR) is 114 cm³/mol. The van der Waals surface area contributed by atoms with E-state index in [2.05, 4.69) is 37.0 Å². The molecule has 0 bridgehead atoms. The van der Waals surface area contributed by atoms with E-state index < -0.39 is 0 Å². The Morgan fingerprint density at radius 2 is 1.67 bits per heavy atom. The Kier molecular flexibility index (Phi) is 4.87. The lowest BCUT2D eigenvalue weighted by Gasteiger charge is -2.17. The molecule has 0 spiro atoms. The number of aryl methyl sites for hydroxylation is 2. The molecule has 4 aromatic rings. The Balaban J connectivity index is 1.78. The SMILES string of the molecule is Cc1ccc(C)c(SC(C(=O)c2c[nH]c3ccccc23)c2ccccc2)c1. The van der Waals surface area contributed by atoms with Crippen molar-refractivity contribution in [3.8, 4) is 0 Å². The van der Waals surface area contributed by atoms with Gasteiger partial charge in [-0.1, -0.05) is 66.2 Å². The number of carbonyl (C=O) groups excluding carboxylic acids is 1. The predicted octanol–water partition coefficient (Wildman–Crippen LogP) is 6.50. The fraction of sp³-hybridized carbons (Fsp3) is 0.125. The monoisotopic (exact) mass is 371 g/mol. The van der Waals surface area contributed by atoms with Gasteiger partial charge >= 0.3 is 0 Å². The van der Waals surface area contributed by atoms with Gasteiger partial charge in [0.05, 0.1) is 5.25 Å². The molecule has 0 aliphatic heterocycles. The van der Waals surface area contributed by atoms with E-state index in [0.29, 0.717) is 0 Å². The number of aromatic amines is 1. The highest BCUT2D eigenvalue weighted by Crippen LogP contribution is 2.40. The molecule has 1 N–H and O–H groups in total. The summed E-state index contributed by atoms with van der Waals surface area (Å²) in [7, 11) is 0. The summed E-state index contributed by atoms with van der Waals surface area (Å²) >= 11 is 1.63. The van der Waals surface area contributed by atoms with Crippen LogP contribution in [0.15, 0.2) is 83.9 Å². The van der Waals surface area contributed by atoms with Gasteiger partial charge in [-0.3, -0.25) is 4.79 Å². The van der Waals surface area contributed by atoms with Crippen molar-refractivity contribution < 1.29 is 4.79 Å². The third kappa shape index (κ3) is 3.56. The van der Waals surface area contributed by atoms with Crippen LogP contribution in [-0.4, -0.2) is 10.8 Å².